The van der Waals surface area contributed by atoms with E-state index in [2.05, 4.69) is 10.3 Å². The molecule has 3 rings (SSSR count). The number of nitro groups is 1. The van der Waals surface area contributed by atoms with Gasteiger partial charge in [-0.3, -0.25) is 14.9 Å². The Kier molecular flexibility index (Phi) is 4.30. The van der Waals surface area contributed by atoms with Crippen molar-refractivity contribution in [3.63, 3.8) is 0 Å². The van der Waals surface area contributed by atoms with Crippen molar-refractivity contribution in [1.29, 1.82) is 0 Å². The molecule has 1 aliphatic heterocycles. The summed E-state index contributed by atoms with van der Waals surface area (Å²) in [6.45, 7) is 0. The van der Waals surface area contributed by atoms with E-state index in [9.17, 15) is 20.0 Å². The van der Waals surface area contributed by atoms with Gasteiger partial charge >= 0.3 is 0 Å². The minimum absolute atomic E-state index is 0.0185. The zero-order valence-corrected chi connectivity index (χ0v) is 13.0. The summed E-state index contributed by atoms with van der Waals surface area (Å²) in [4.78, 5) is 26.8. The summed E-state index contributed by atoms with van der Waals surface area (Å²) in [6.07, 6.45) is 1.69. The summed E-state index contributed by atoms with van der Waals surface area (Å²) >= 11 is 1.18. The van der Waals surface area contributed by atoms with Crippen LogP contribution >= 0.6 is 11.8 Å². The Balaban J connectivity index is 1.78. The Bertz CT molecular complexity index is 858. The third-order valence-corrected chi connectivity index (χ3v) is 4.04. The summed E-state index contributed by atoms with van der Waals surface area (Å²) in [6, 6.07) is 12.2. The normalized spacial score (nSPS) is 17.2. The standard InChI is InChI=1S/C16H11N3O4S/c20-13-7-1-10(2-8-13)9-14-15(21)18-16(24-14)17-11-3-5-12(6-4-11)19(22)23/h1-9,20H,(H,17,18,21)/b14-9-. The van der Waals surface area contributed by atoms with Gasteiger partial charge in [0.15, 0.2) is 5.17 Å². The van der Waals surface area contributed by atoms with Crippen molar-refractivity contribution in [3.05, 3.63) is 69.1 Å². The van der Waals surface area contributed by atoms with Crippen LogP contribution in [0.5, 0.6) is 5.75 Å². The maximum Gasteiger partial charge on any atom is 0.269 e. The van der Waals surface area contributed by atoms with Crippen molar-refractivity contribution >= 4 is 40.3 Å². The number of aromatic hydroxyl groups is 1. The van der Waals surface area contributed by atoms with E-state index in [1.807, 2.05) is 0 Å². The highest BCUT2D eigenvalue weighted by molar-refractivity contribution is 8.18. The second-order valence-corrected chi connectivity index (χ2v) is 5.88. The molecular weight excluding hydrogens is 330 g/mol. The molecule has 0 spiro atoms. The largest absolute Gasteiger partial charge is 0.508 e. The number of phenolic OH excluding ortho intramolecular Hbond substituents is 1. The molecule has 1 heterocycles. The Labute approximate surface area is 140 Å². The Morgan fingerprint density at radius 3 is 2.42 bits per heavy atom. The molecule has 1 saturated heterocycles. The van der Waals surface area contributed by atoms with Crippen molar-refractivity contribution in [1.82, 2.24) is 5.32 Å². The van der Waals surface area contributed by atoms with Crippen molar-refractivity contribution in [3.8, 4) is 5.75 Å². The lowest BCUT2D eigenvalue weighted by Crippen LogP contribution is -2.19. The van der Waals surface area contributed by atoms with E-state index in [1.54, 1.807) is 18.2 Å². The van der Waals surface area contributed by atoms with Crippen molar-refractivity contribution in [2.75, 3.05) is 0 Å². The van der Waals surface area contributed by atoms with Crippen LogP contribution in [0.4, 0.5) is 11.4 Å². The highest BCUT2D eigenvalue weighted by Gasteiger charge is 2.23. The van der Waals surface area contributed by atoms with Gasteiger partial charge in [-0.2, -0.15) is 0 Å². The number of phenols is 1. The first-order valence-corrected chi connectivity index (χ1v) is 7.66. The van der Waals surface area contributed by atoms with Crippen LogP contribution in [-0.4, -0.2) is 21.1 Å². The number of hydrogen-bond donors (Lipinski definition) is 2. The lowest BCUT2D eigenvalue weighted by Gasteiger charge is -1.96. The number of benzene rings is 2. The second kappa shape index (κ2) is 6.55. The fourth-order valence-corrected chi connectivity index (χ4v) is 2.81. The number of rotatable bonds is 3. The summed E-state index contributed by atoms with van der Waals surface area (Å²) in [7, 11) is 0. The molecule has 0 saturated carbocycles. The first kappa shape index (κ1) is 15.8. The third kappa shape index (κ3) is 3.61. The molecule has 0 aliphatic carbocycles. The van der Waals surface area contributed by atoms with Gasteiger partial charge in [-0.05, 0) is 47.7 Å². The maximum atomic E-state index is 12.0. The van der Waals surface area contributed by atoms with E-state index in [0.717, 1.165) is 5.56 Å². The van der Waals surface area contributed by atoms with Crippen LogP contribution in [0.3, 0.4) is 0 Å². The number of amides is 1. The monoisotopic (exact) mass is 341 g/mol. The van der Waals surface area contributed by atoms with Crippen LogP contribution < -0.4 is 5.32 Å². The van der Waals surface area contributed by atoms with E-state index in [4.69, 9.17) is 0 Å². The molecule has 2 aromatic carbocycles. The van der Waals surface area contributed by atoms with Gasteiger partial charge in [-0.25, -0.2) is 4.99 Å². The van der Waals surface area contributed by atoms with Gasteiger partial charge in [0.2, 0.25) is 0 Å². The molecular formula is C16H11N3O4S. The number of carbonyl (C=O) groups is 1. The van der Waals surface area contributed by atoms with Gasteiger partial charge < -0.3 is 10.4 Å². The number of thioether (sulfide) groups is 1. The van der Waals surface area contributed by atoms with Crippen LogP contribution in [0, 0.1) is 10.1 Å². The van der Waals surface area contributed by atoms with E-state index in [1.165, 1.54) is 48.2 Å². The topological polar surface area (TPSA) is 105 Å². The minimum atomic E-state index is -0.485. The Morgan fingerprint density at radius 2 is 1.79 bits per heavy atom. The zero-order chi connectivity index (χ0) is 17.1. The highest BCUT2D eigenvalue weighted by atomic mass is 32.2. The smallest absolute Gasteiger partial charge is 0.269 e. The molecule has 1 aliphatic rings. The number of amidine groups is 1. The fourth-order valence-electron chi connectivity index (χ4n) is 1.97. The lowest BCUT2D eigenvalue weighted by molar-refractivity contribution is -0.384. The number of hydrogen-bond acceptors (Lipinski definition) is 6. The number of nitrogens with one attached hydrogen (secondary N) is 1. The molecule has 120 valence electrons. The molecule has 24 heavy (non-hydrogen) atoms. The SMILES string of the molecule is O=C1NC(=Nc2ccc([N+](=O)[O-])cc2)S/C1=C\c1ccc(O)cc1. The first-order chi connectivity index (χ1) is 11.5. The molecule has 0 atom stereocenters. The van der Waals surface area contributed by atoms with Crippen LogP contribution in [-0.2, 0) is 4.79 Å². The minimum Gasteiger partial charge on any atom is -0.508 e. The summed E-state index contributed by atoms with van der Waals surface area (Å²) in [5, 5.41) is 22.9. The molecule has 0 aromatic heterocycles. The van der Waals surface area contributed by atoms with Crippen molar-refractivity contribution in [2.24, 2.45) is 4.99 Å². The molecule has 2 aromatic rings. The maximum absolute atomic E-state index is 12.0. The number of carbonyl (C=O) groups excluding carboxylic acids is 1. The van der Waals surface area contributed by atoms with Gasteiger partial charge in [0.1, 0.15) is 5.75 Å². The molecule has 7 nitrogen and oxygen atoms in total. The zero-order valence-electron chi connectivity index (χ0n) is 12.2. The van der Waals surface area contributed by atoms with Crippen LogP contribution in [0.15, 0.2) is 58.4 Å². The molecule has 1 amide bonds. The fraction of sp³-hybridized carbons (Fsp3) is 0. The van der Waals surface area contributed by atoms with E-state index < -0.39 is 4.92 Å². The van der Waals surface area contributed by atoms with Crippen molar-refractivity contribution in [2.45, 2.75) is 0 Å². The lowest BCUT2D eigenvalue weighted by atomic mass is 10.2. The third-order valence-electron chi connectivity index (χ3n) is 3.13. The summed E-state index contributed by atoms with van der Waals surface area (Å²) in [5.41, 5.74) is 1.27. The van der Waals surface area contributed by atoms with E-state index in [-0.39, 0.29) is 17.3 Å². The quantitative estimate of drug-likeness (QED) is 0.507. The number of nitro benzene ring substituents is 1. The highest BCUT2D eigenvalue weighted by Crippen LogP contribution is 2.28. The predicted molar refractivity (Wildman–Crippen MR) is 92.0 cm³/mol. The molecule has 1 fully saturated rings. The number of nitrogens with zero attached hydrogens (tertiary/aromatic N) is 2. The van der Waals surface area contributed by atoms with Gasteiger partial charge in [-0.1, -0.05) is 12.1 Å². The predicted octanol–water partition coefficient (Wildman–Crippen LogP) is 3.19. The van der Waals surface area contributed by atoms with Gasteiger partial charge in [0.25, 0.3) is 11.6 Å². The Morgan fingerprint density at radius 1 is 1.12 bits per heavy atom. The summed E-state index contributed by atoms with van der Waals surface area (Å²) < 4.78 is 0. The van der Waals surface area contributed by atoms with Gasteiger partial charge in [0, 0.05) is 12.1 Å². The second-order valence-electron chi connectivity index (χ2n) is 4.85. The Hall–Kier alpha value is -3.13. The number of aliphatic imine (C=N–C) groups is 1. The molecule has 8 heteroatoms. The van der Waals surface area contributed by atoms with Crippen molar-refractivity contribution < 1.29 is 14.8 Å². The average molecular weight is 341 g/mol. The van der Waals surface area contributed by atoms with Crippen LogP contribution in [0.1, 0.15) is 5.56 Å². The molecule has 2 N–H and O–H groups in total. The van der Waals surface area contributed by atoms with E-state index in [0.29, 0.717) is 15.8 Å². The van der Waals surface area contributed by atoms with Gasteiger partial charge in [0.05, 0.1) is 15.5 Å². The molecule has 0 unspecified atom stereocenters. The average Bonchev–Trinajstić information content (AvgIpc) is 2.89. The first-order valence-electron chi connectivity index (χ1n) is 6.84. The molecule has 0 bridgehead atoms. The summed E-state index contributed by atoms with van der Waals surface area (Å²) in [5.74, 6) is -0.116. The van der Waals surface area contributed by atoms with E-state index >= 15 is 0 Å². The molecule has 0 radical (unpaired) electrons. The van der Waals surface area contributed by atoms with Crippen LogP contribution in [0.2, 0.25) is 0 Å². The van der Waals surface area contributed by atoms with Gasteiger partial charge in [-0.15, -0.1) is 0 Å². The number of non-ortho nitro benzene ring substituents is 1. The van der Waals surface area contributed by atoms with Crippen LogP contribution in [0.25, 0.3) is 6.08 Å².